The Bertz CT molecular complexity index is 2520. The van der Waals surface area contributed by atoms with E-state index >= 15 is 28.8 Å². The van der Waals surface area contributed by atoms with Crippen LogP contribution in [0, 0.1) is 41.4 Å². The second-order valence-corrected chi connectivity index (χ2v) is 28.4. The third-order valence-corrected chi connectivity index (χ3v) is 18.1. The quantitative estimate of drug-likeness (QED) is 0.0757. The number of likely N-dealkylation sites (N-methyl/N-ethyl adjacent to an activating group) is 8. The zero-order chi connectivity index (χ0) is 72.7. The molecule has 0 aromatic carbocycles. The molecule has 0 aromatic rings. The summed E-state index contributed by atoms with van der Waals surface area (Å²) in [6.07, 6.45) is 2.87. The van der Waals surface area contributed by atoms with Gasteiger partial charge in [-0.3, -0.25) is 52.7 Å². The Morgan fingerprint density at radius 3 is 1.31 bits per heavy atom. The summed E-state index contributed by atoms with van der Waals surface area (Å²) in [4.78, 5) is 175. The molecule has 25 nitrogen and oxygen atoms in total. The Kier molecular flexibility index (Phi) is 36.8. The van der Waals surface area contributed by atoms with Crippen LogP contribution in [0.3, 0.4) is 0 Å². The number of amides is 11. The van der Waals surface area contributed by atoms with E-state index in [0.29, 0.717) is 13.0 Å². The lowest BCUT2D eigenvalue weighted by molar-refractivity contribution is -0.157. The van der Waals surface area contributed by atoms with E-state index in [-0.39, 0.29) is 69.0 Å². The molecule has 1 aliphatic rings. The van der Waals surface area contributed by atoms with Gasteiger partial charge in [0.1, 0.15) is 66.5 Å². The molecule has 13 atom stereocenters. The normalized spacial score (nSPS) is 26.3. The van der Waals surface area contributed by atoms with Crippen LogP contribution >= 0.6 is 0 Å². The van der Waals surface area contributed by atoms with Gasteiger partial charge in [0.25, 0.3) is 0 Å². The highest BCUT2D eigenvalue weighted by Crippen LogP contribution is 2.26. The van der Waals surface area contributed by atoms with Crippen molar-refractivity contribution in [3.8, 4) is 0 Å². The Labute approximate surface area is 564 Å². The van der Waals surface area contributed by atoms with Crippen LogP contribution in [0.4, 0.5) is 0 Å². The fraction of sp³-hybridized carbons (Fsp3) is 0.812. The lowest BCUT2D eigenvalue weighted by Gasteiger charge is -2.41. The van der Waals surface area contributed by atoms with Crippen molar-refractivity contribution in [2.24, 2.45) is 41.4 Å². The molecule has 5 N–H and O–H groups in total. The van der Waals surface area contributed by atoms with Gasteiger partial charge in [-0.15, -0.1) is 0 Å². The largest absolute Gasteiger partial charge is 0.390 e. The third kappa shape index (κ3) is 24.5. The van der Waals surface area contributed by atoms with Crippen LogP contribution in [0.2, 0.25) is 0 Å². The number of nitrogens with zero attached hydrogens (tertiary/aromatic N) is 8. The predicted molar refractivity (Wildman–Crippen MR) is 366 cm³/mol. The standard InChI is InChI=1S/C69H126N12O13/c1-27-31-32-46(17)58(82)57-62(86)72-49(28-2)64(88)78(24)54(39-94-34-33-81(29-3)30-4)67(91)74(20)51(36-41(7)8)61(85)73-55(44(13)14)68(92)75(21)50(35-40(5)6)60(84)70-47(18)59(83)71-48(19)63(87)76(22)52(37-42(9)10)65(89)77(23)53(38-43(11)12)66(90)79(25)56(45(15)16)69(93)80(57)26/h27,31,40-58,82H,28-30,32-39H2,1-26H3,(H,70,84)(H,71,83)(H,72,86)(H,73,85)/b31-27+/t46-,47+,48-,49+,50+,51+,52+,53+,54-,55+,56+,57+,58-/m1/s1. The topological polar surface area (TPSA) is 291 Å². The lowest BCUT2D eigenvalue weighted by Crippen LogP contribution is -2.64. The molecule has 540 valence electrons. The SMILES string of the molecule is C/C=C/C[C@@H](C)[C@@H](O)[C@H]1C(=O)N[C@@H](CC)C(=O)N(C)[C@H](COCCN(CC)CC)C(=O)N(C)[C@@H](CC(C)C)C(=O)N[C@@H](C(C)C)C(=O)N(C)[C@@H](CC(C)C)C(=O)N[C@@H](C)C(=O)N[C@H](C)C(=O)N(C)[C@@H](CC(C)C)C(=O)N(C)[C@@H](CC(C)C)C(=O)N(C)[C@@H](C(C)C)C(=O)N1C. The molecule has 1 saturated heterocycles. The summed E-state index contributed by atoms with van der Waals surface area (Å²) >= 11 is 0. The Morgan fingerprint density at radius 2 is 0.862 bits per heavy atom. The first-order valence-electron chi connectivity index (χ1n) is 34.3. The monoisotopic (exact) mass is 1330 g/mol. The molecule has 25 heteroatoms. The Balaban J connectivity index is 4.55. The summed E-state index contributed by atoms with van der Waals surface area (Å²) in [7, 11) is 9.98. The number of nitrogens with one attached hydrogen (secondary N) is 4. The molecular formula is C69H126N12O13. The van der Waals surface area contributed by atoms with Crippen LogP contribution in [-0.2, 0) is 57.5 Å². The maximum atomic E-state index is 15.4. The van der Waals surface area contributed by atoms with Gasteiger partial charge in [-0.1, -0.05) is 123 Å². The van der Waals surface area contributed by atoms with Crippen molar-refractivity contribution in [3.05, 3.63) is 12.2 Å². The summed E-state index contributed by atoms with van der Waals surface area (Å²) in [5.74, 6) is -10.1. The second-order valence-electron chi connectivity index (χ2n) is 28.4. The van der Waals surface area contributed by atoms with Gasteiger partial charge in [-0.25, -0.2) is 0 Å². The van der Waals surface area contributed by atoms with Crippen LogP contribution in [0.1, 0.15) is 170 Å². The number of ether oxygens (including phenoxy) is 1. The first-order chi connectivity index (χ1) is 43.6. The van der Waals surface area contributed by atoms with Crippen molar-refractivity contribution in [2.45, 2.75) is 243 Å². The molecule has 1 fully saturated rings. The molecule has 94 heavy (non-hydrogen) atoms. The summed E-state index contributed by atoms with van der Waals surface area (Å²) < 4.78 is 6.20. The molecule has 1 aliphatic heterocycles. The smallest absolute Gasteiger partial charge is 0.248 e. The summed E-state index contributed by atoms with van der Waals surface area (Å²) in [5, 5.41) is 23.4. The number of carbonyl (C=O) groups is 11. The van der Waals surface area contributed by atoms with Gasteiger partial charge < -0.3 is 70.3 Å². The second kappa shape index (κ2) is 40.4. The van der Waals surface area contributed by atoms with E-state index in [2.05, 4.69) is 26.2 Å². The average Bonchev–Trinajstić information content (AvgIpc) is 0.858. The number of rotatable bonds is 22. The number of carbonyl (C=O) groups excluding carboxylic acids is 11. The van der Waals surface area contributed by atoms with Gasteiger partial charge in [0.2, 0.25) is 65.0 Å². The first-order valence-corrected chi connectivity index (χ1v) is 34.3. The molecule has 0 bridgehead atoms. The average molecular weight is 1330 g/mol. The van der Waals surface area contributed by atoms with Crippen LogP contribution < -0.4 is 21.3 Å². The highest BCUT2D eigenvalue weighted by molar-refractivity contribution is 6.00. The minimum absolute atomic E-state index is 0.0232. The number of aliphatic hydroxyl groups is 1. The van der Waals surface area contributed by atoms with Crippen LogP contribution in [0.25, 0.3) is 0 Å². The zero-order valence-electron chi connectivity index (χ0n) is 62.3. The van der Waals surface area contributed by atoms with Crippen LogP contribution in [0.15, 0.2) is 12.2 Å². The van der Waals surface area contributed by atoms with E-state index in [0.717, 1.165) is 18.0 Å². The number of hydrogen-bond acceptors (Lipinski definition) is 14. The molecule has 0 saturated carbocycles. The predicted octanol–water partition coefficient (Wildman–Crippen LogP) is 4.00. The molecule has 0 radical (unpaired) electrons. The summed E-state index contributed by atoms with van der Waals surface area (Å²) in [6, 6.07) is -14.1. The fourth-order valence-corrected chi connectivity index (χ4v) is 11.9. The molecule has 1 rings (SSSR count). The molecule has 0 aromatic heterocycles. The fourth-order valence-electron chi connectivity index (χ4n) is 11.9. The van der Waals surface area contributed by atoms with Gasteiger partial charge in [-0.05, 0) is 114 Å². The maximum Gasteiger partial charge on any atom is 0.248 e. The molecule has 0 aliphatic carbocycles. The summed E-state index contributed by atoms with van der Waals surface area (Å²) in [6.45, 7) is 35.7. The van der Waals surface area contributed by atoms with E-state index in [4.69, 9.17) is 4.74 Å². The van der Waals surface area contributed by atoms with Gasteiger partial charge in [0, 0.05) is 55.9 Å². The van der Waals surface area contributed by atoms with Gasteiger partial charge >= 0.3 is 0 Å². The molecule has 0 unspecified atom stereocenters. The van der Waals surface area contributed by atoms with Gasteiger partial charge in [-0.2, -0.15) is 0 Å². The number of allylic oxidation sites excluding steroid dienone is 2. The van der Waals surface area contributed by atoms with Crippen LogP contribution in [-0.4, -0.2) is 264 Å². The van der Waals surface area contributed by atoms with Crippen molar-refractivity contribution in [1.82, 2.24) is 60.5 Å². The molecule has 11 amide bonds. The molecule has 0 spiro atoms. The zero-order valence-corrected chi connectivity index (χ0v) is 62.3. The minimum atomic E-state index is -1.65. The van der Waals surface area contributed by atoms with E-state index in [1.54, 1.807) is 54.5 Å². The van der Waals surface area contributed by atoms with Crippen molar-refractivity contribution < 1.29 is 62.6 Å². The van der Waals surface area contributed by atoms with Crippen molar-refractivity contribution in [2.75, 3.05) is 82.2 Å². The highest BCUT2D eigenvalue weighted by Gasteiger charge is 2.46. The van der Waals surface area contributed by atoms with E-state index < -0.39 is 155 Å². The van der Waals surface area contributed by atoms with Gasteiger partial charge in [0.05, 0.1) is 19.3 Å². The maximum absolute atomic E-state index is 15.4. The lowest BCUT2D eigenvalue weighted by atomic mass is 9.91. The first kappa shape index (κ1) is 85.8. The Morgan fingerprint density at radius 1 is 0.457 bits per heavy atom. The van der Waals surface area contributed by atoms with E-state index in [1.165, 1.54) is 92.6 Å². The van der Waals surface area contributed by atoms with E-state index in [9.17, 15) is 29.1 Å². The van der Waals surface area contributed by atoms with E-state index in [1.807, 2.05) is 75.3 Å². The Hall–Kier alpha value is -6.21. The van der Waals surface area contributed by atoms with Gasteiger partial charge in [0.15, 0.2) is 0 Å². The molecule has 1 heterocycles. The van der Waals surface area contributed by atoms with Crippen molar-refractivity contribution in [3.63, 3.8) is 0 Å². The van der Waals surface area contributed by atoms with Crippen LogP contribution in [0.5, 0.6) is 0 Å². The van der Waals surface area contributed by atoms with Crippen molar-refractivity contribution >= 4 is 65.0 Å². The van der Waals surface area contributed by atoms with Crippen molar-refractivity contribution in [1.29, 1.82) is 0 Å². The highest BCUT2D eigenvalue weighted by atomic mass is 16.5. The molecular weight excluding hydrogens is 1200 g/mol. The summed E-state index contributed by atoms with van der Waals surface area (Å²) in [5.41, 5.74) is 0. The number of hydrogen-bond donors (Lipinski definition) is 5. The number of aliphatic hydroxyl groups excluding tert-OH is 1. The third-order valence-electron chi connectivity index (χ3n) is 18.1. The minimum Gasteiger partial charge on any atom is -0.390 e.